The van der Waals surface area contributed by atoms with Crippen LogP contribution in [0.3, 0.4) is 0 Å². The number of carbonyl (C=O) groups is 2. The highest BCUT2D eigenvalue weighted by atomic mass is 16.5. The molecule has 0 atom stereocenters. The third-order valence-electron chi connectivity index (χ3n) is 6.60. The maximum atomic E-state index is 13.5. The van der Waals surface area contributed by atoms with E-state index in [2.05, 4.69) is 32.6 Å². The van der Waals surface area contributed by atoms with Crippen LogP contribution in [0.15, 0.2) is 18.2 Å². The van der Waals surface area contributed by atoms with Gasteiger partial charge in [0.1, 0.15) is 17.0 Å². The number of ether oxygens (including phenoxy) is 2. The van der Waals surface area contributed by atoms with Crippen LogP contribution in [0, 0.1) is 11.8 Å². The minimum absolute atomic E-state index is 0.00246. The molecule has 0 radical (unpaired) electrons. The van der Waals surface area contributed by atoms with Crippen molar-refractivity contribution in [3.05, 3.63) is 23.8 Å². The van der Waals surface area contributed by atoms with Crippen LogP contribution in [-0.4, -0.2) is 72.6 Å². The Morgan fingerprint density at radius 1 is 0.938 bits per heavy atom. The van der Waals surface area contributed by atoms with E-state index in [1.807, 2.05) is 23.1 Å². The summed E-state index contributed by atoms with van der Waals surface area (Å²) in [5, 5.41) is 0. The summed E-state index contributed by atoms with van der Waals surface area (Å²) in [4.78, 5) is 32.5. The highest BCUT2D eigenvalue weighted by Crippen LogP contribution is 2.38. The zero-order valence-electron chi connectivity index (χ0n) is 20.5. The number of piperidine rings is 1. The third kappa shape index (κ3) is 5.03. The summed E-state index contributed by atoms with van der Waals surface area (Å²) in [7, 11) is 3.31. The molecule has 0 aliphatic carbocycles. The minimum atomic E-state index is -0.691. The molecule has 0 aromatic heterocycles. The van der Waals surface area contributed by atoms with E-state index in [4.69, 9.17) is 9.47 Å². The lowest BCUT2D eigenvalue weighted by atomic mass is 9.85. The predicted octanol–water partition coefficient (Wildman–Crippen LogP) is 4.00. The Hall–Kier alpha value is -2.28. The Morgan fingerprint density at radius 3 is 2.03 bits per heavy atom. The number of hydrogen-bond donors (Lipinski definition) is 0. The number of benzene rings is 1. The van der Waals surface area contributed by atoms with Crippen molar-refractivity contribution in [2.75, 3.05) is 40.4 Å². The summed E-state index contributed by atoms with van der Waals surface area (Å²) >= 11 is 0. The van der Waals surface area contributed by atoms with Gasteiger partial charge in [0.05, 0.1) is 14.2 Å². The standard InChI is InChI=1S/C25H39N3O4/c1-18(2)7-10-28-24(30)27(16-19(3)4)23(29)25(28)8-11-26(12-9-25)17-20-13-21(31-5)15-22(14-20)32-6/h13-15,18-19H,7-12,16-17H2,1-6H3. The Labute approximate surface area is 192 Å². The van der Waals surface area contributed by atoms with Crippen molar-refractivity contribution in [3.63, 3.8) is 0 Å². The van der Waals surface area contributed by atoms with Crippen LogP contribution in [0.2, 0.25) is 0 Å². The molecule has 7 nitrogen and oxygen atoms in total. The average molecular weight is 446 g/mol. The summed E-state index contributed by atoms with van der Waals surface area (Å²) in [5.74, 6) is 2.29. The number of nitrogens with zero attached hydrogens (tertiary/aromatic N) is 3. The normalized spacial score (nSPS) is 19.0. The number of methoxy groups -OCH3 is 2. The smallest absolute Gasteiger partial charge is 0.327 e. The molecule has 1 aromatic carbocycles. The molecule has 2 heterocycles. The first-order valence-corrected chi connectivity index (χ1v) is 11.8. The third-order valence-corrected chi connectivity index (χ3v) is 6.60. The summed E-state index contributed by atoms with van der Waals surface area (Å²) in [6.45, 7) is 11.8. The molecule has 0 N–H and O–H groups in total. The van der Waals surface area contributed by atoms with Crippen LogP contribution in [0.4, 0.5) is 4.79 Å². The van der Waals surface area contributed by atoms with Crippen molar-refractivity contribution >= 4 is 11.9 Å². The van der Waals surface area contributed by atoms with Crippen molar-refractivity contribution < 1.29 is 19.1 Å². The second-order valence-electron chi connectivity index (χ2n) is 9.95. The van der Waals surface area contributed by atoms with E-state index < -0.39 is 5.54 Å². The highest BCUT2D eigenvalue weighted by molar-refractivity contribution is 6.07. The fourth-order valence-corrected chi connectivity index (χ4v) is 4.79. The van der Waals surface area contributed by atoms with Gasteiger partial charge < -0.3 is 14.4 Å². The van der Waals surface area contributed by atoms with E-state index in [1.54, 1.807) is 14.2 Å². The van der Waals surface area contributed by atoms with Crippen LogP contribution in [0.5, 0.6) is 11.5 Å². The second-order valence-corrected chi connectivity index (χ2v) is 9.95. The van der Waals surface area contributed by atoms with Crippen molar-refractivity contribution in [2.24, 2.45) is 11.8 Å². The van der Waals surface area contributed by atoms with E-state index in [0.717, 1.165) is 43.1 Å². The zero-order chi connectivity index (χ0) is 23.5. The van der Waals surface area contributed by atoms with Gasteiger partial charge in [-0.3, -0.25) is 14.6 Å². The predicted molar refractivity (Wildman–Crippen MR) is 125 cm³/mol. The number of imide groups is 1. The van der Waals surface area contributed by atoms with Crippen molar-refractivity contribution in [1.82, 2.24) is 14.7 Å². The van der Waals surface area contributed by atoms with E-state index in [-0.39, 0.29) is 17.9 Å². The van der Waals surface area contributed by atoms with Crippen molar-refractivity contribution in [3.8, 4) is 11.5 Å². The molecule has 1 spiro atoms. The maximum Gasteiger partial charge on any atom is 0.327 e. The molecule has 32 heavy (non-hydrogen) atoms. The van der Waals surface area contributed by atoms with Crippen LogP contribution < -0.4 is 9.47 Å². The summed E-state index contributed by atoms with van der Waals surface area (Å²) < 4.78 is 10.8. The molecule has 2 aliphatic rings. The zero-order valence-corrected chi connectivity index (χ0v) is 20.5. The molecule has 0 unspecified atom stereocenters. The van der Waals surface area contributed by atoms with Gasteiger partial charge in [0, 0.05) is 38.8 Å². The lowest BCUT2D eigenvalue weighted by Crippen LogP contribution is -2.56. The van der Waals surface area contributed by atoms with Gasteiger partial charge in [0.2, 0.25) is 0 Å². The summed E-state index contributed by atoms with van der Waals surface area (Å²) in [5.41, 5.74) is 0.424. The number of rotatable bonds is 9. The molecule has 7 heteroatoms. The van der Waals surface area contributed by atoms with Crippen LogP contribution >= 0.6 is 0 Å². The highest BCUT2D eigenvalue weighted by Gasteiger charge is 2.57. The Morgan fingerprint density at radius 2 is 1.53 bits per heavy atom. The van der Waals surface area contributed by atoms with Crippen LogP contribution in [0.1, 0.15) is 52.5 Å². The quantitative estimate of drug-likeness (QED) is 0.538. The molecular weight excluding hydrogens is 406 g/mol. The van der Waals surface area contributed by atoms with Crippen molar-refractivity contribution in [1.29, 1.82) is 0 Å². The van der Waals surface area contributed by atoms with E-state index in [1.165, 1.54) is 4.90 Å². The van der Waals surface area contributed by atoms with Gasteiger partial charge >= 0.3 is 6.03 Å². The molecule has 0 bridgehead atoms. The molecule has 178 valence electrons. The van der Waals surface area contributed by atoms with Gasteiger partial charge in [-0.25, -0.2) is 4.79 Å². The van der Waals surface area contributed by atoms with Crippen LogP contribution in [0.25, 0.3) is 0 Å². The SMILES string of the molecule is COc1cc(CN2CCC3(CC2)C(=O)N(CC(C)C)C(=O)N3CCC(C)C)cc(OC)c1. The van der Waals surface area contributed by atoms with Gasteiger partial charge in [-0.05, 0) is 48.8 Å². The first kappa shape index (κ1) is 24.4. The molecule has 3 amide bonds. The number of carbonyl (C=O) groups excluding carboxylic acids is 2. The number of amides is 3. The van der Waals surface area contributed by atoms with Gasteiger partial charge in [-0.15, -0.1) is 0 Å². The molecular formula is C25H39N3O4. The van der Waals surface area contributed by atoms with E-state index in [0.29, 0.717) is 31.8 Å². The van der Waals surface area contributed by atoms with Gasteiger partial charge in [0.15, 0.2) is 0 Å². The van der Waals surface area contributed by atoms with Crippen molar-refractivity contribution in [2.45, 2.75) is 59.0 Å². The molecule has 1 aromatic rings. The van der Waals surface area contributed by atoms with E-state index >= 15 is 0 Å². The molecule has 0 saturated carbocycles. The second kappa shape index (κ2) is 10.1. The van der Waals surface area contributed by atoms with E-state index in [9.17, 15) is 9.59 Å². The monoisotopic (exact) mass is 445 g/mol. The summed E-state index contributed by atoms with van der Waals surface area (Å²) in [6, 6.07) is 5.82. The average Bonchev–Trinajstić information content (AvgIpc) is 2.94. The van der Waals surface area contributed by atoms with Gasteiger partial charge in [-0.2, -0.15) is 0 Å². The minimum Gasteiger partial charge on any atom is -0.497 e. The number of urea groups is 1. The Bertz CT molecular complexity index is 793. The molecule has 2 saturated heterocycles. The fraction of sp³-hybridized carbons (Fsp3) is 0.680. The number of hydrogen-bond acceptors (Lipinski definition) is 5. The van der Waals surface area contributed by atoms with Gasteiger partial charge in [-0.1, -0.05) is 27.7 Å². The fourth-order valence-electron chi connectivity index (χ4n) is 4.79. The Balaban J connectivity index is 1.75. The van der Waals surface area contributed by atoms with Crippen LogP contribution in [-0.2, 0) is 11.3 Å². The Kier molecular flexibility index (Phi) is 7.70. The summed E-state index contributed by atoms with van der Waals surface area (Å²) in [6.07, 6.45) is 2.25. The molecule has 2 fully saturated rings. The molecule has 2 aliphatic heterocycles. The topological polar surface area (TPSA) is 62.3 Å². The van der Waals surface area contributed by atoms with Gasteiger partial charge in [0.25, 0.3) is 5.91 Å². The lowest BCUT2D eigenvalue weighted by molar-refractivity contribution is -0.136. The lowest BCUT2D eigenvalue weighted by Gasteiger charge is -2.42. The largest absolute Gasteiger partial charge is 0.497 e. The number of likely N-dealkylation sites (tertiary alicyclic amines) is 1. The molecule has 3 rings (SSSR count). The first-order valence-electron chi connectivity index (χ1n) is 11.8. The maximum absolute atomic E-state index is 13.5. The first-order chi connectivity index (χ1) is 15.2.